The van der Waals surface area contributed by atoms with Gasteiger partial charge in [0.1, 0.15) is 12.1 Å². The smallest absolute Gasteiger partial charge is 0.337 e. The summed E-state index contributed by atoms with van der Waals surface area (Å²) in [5.74, 6) is -4.70. The highest BCUT2D eigenvalue weighted by atomic mass is 16.5. The van der Waals surface area contributed by atoms with E-state index in [0.29, 0.717) is 5.56 Å². The highest BCUT2D eigenvalue weighted by Crippen LogP contribution is 2.29. The molecule has 13 heteroatoms. The monoisotopic (exact) mass is 660 g/mol. The number of esters is 1. The lowest BCUT2D eigenvalue weighted by molar-refractivity contribution is -0.142. The average molecular weight is 661 g/mol. The third-order valence-electron chi connectivity index (χ3n) is 8.23. The molecule has 0 aromatic heterocycles. The zero-order valence-corrected chi connectivity index (χ0v) is 29.4. The summed E-state index contributed by atoms with van der Waals surface area (Å²) >= 11 is 0. The molecule has 262 valence electrons. The van der Waals surface area contributed by atoms with Crippen molar-refractivity contribution in [1.29, 1.82) is 0 Å². The van der Waals surface area contributed by atoms with Crippen LogP contribution in [-0.4, -0.2) is 96.1 Å². The molecule has 1 aromatic carbocycles. The number of carbonyl (C=O) groups excluding carboxylic acids is 4. The maximum Gasteiger partial charge on any atom is 0.337 e. The topological polar surface area (TPSA) is 191 Å². The first-order valence-electron chi connectivity index (χ1n) is 15.5. The maximum atomic E-state index is 14.1. The fourth-order valence-electron chi connectivity index (χ4n) is 5.25. The number of likely N-dealkylation sites (N-methyl/N-ethyl adjacent to an activating group) is 2. The maximum absolute atomic E-state index is 14.1. The highest BCUT2D eigenvalue weighted by Gasteiger charge is 2.41. The summed E-state index contributed by atoms with van der Waals surface area (Å²) in [5, 5.41) is 26.7. The van der Waals surface area contributed by atoms with Crippen molar-refractivity contribution >= 4 is 35.6 Å². The Morgan fingerprint density at radius 1 is 0.936 bits per heavy atom. The van der Waals surface area contributed by atoms with Crippen molar-refractivity contribution in [2.75, 3.05) is 21.2 Å². The Balaban J connectivity index is 3.31. The Morgan fingerprint density at radius 3 is 1.91 bits per heavy atom. The number of amides is 3. The van der Waals surface area contributed by atoms with Gasteiger partial charge in [-0.15, -0.1) is 0 Å². The van der Waals surface area contributed by atoms with E-state index in [1.165, 1.54) is 18.9 Å². The van der Waals surface area contributed by atoms with Gasteiger partial charge in [0.2, 0.25) is 17.7 Å². The van der Waals surface area contributed by atoms with Gasteiger partial charge in [0, 0.05) is 24.5 Å². The number of nitrogens with zero attached hydrogens (tertiary/aromatic N) is 1. The number of hydrogen-bond donors (Lipinski definition) is 5. The highest BCUT2D eigenvalue weighted by molar-refractivity contribution is 5.96. The van der Waals surface area contributed by atoms with Crippen LogP contribution >= 0.6 is 0 Å². The number of carboxylic acid groups (broad SMARTS) is 2. The minimum atomic E-state index is -1.39. The van der Waals surface area contributed by atoms with E-state index in [1.807, 2.05) is 48.5 Å². The molecule has 0 fully saturated rings. The molecule has 0 aliphatic rings. The van der Waals surface area contributed by atoms with Crippen molar-refractivity contribution in [2.45, 2.75) is 97.8 Å². The number of aliphatic carboxylic acids is 2. The minimum absolute atomic E-state index is 0.150. The molecule has 0 bridgehead atoms. The van der Waals surface area contributed by atoms with Crippen molar-refractivity contribution in [3.8, 4) is 0 Å². The number of nitrogens with one attached hydrogen (secondary N) is 3. The van der Waals surface area contributed by atoms with Crippen LogP contribution in [0, 0.1) is 11.3 Å². The molecule has 0 radical (unpaired) electrons. The Kier molecular flexibility index (Phi) is 14.8. The second kappa shape index (κ2) is 17.1. The zero-order valence-electron chi connectivity index (χ0n) is 29.4. The van der Waals surface area contributed by atoms with Crippen LogP contribution in [0.15, 0.2) is 35.9 Å². The predicted octanol–water partition coefficient (Wildman–Crippen LogP) is 2.73. The number of rotatable bonds is 16. The fourth-order valence-corrected chi connectivity index (χ4v) is 5.25. The minimum Gasteiger partial charge on any atom is -0.481 e. The van der Waals surface area contributed by atoms with Gasteiger partial charge >= 0.3 is 17.9 Å². The van der Waals surface area contributed by atoms with Crippen molar-refractivity contribution in [2.24, 2.45) is 11.3 Å². The summed E-state index contributed by atoms with van der Waals surface area (Å²) in [6.45, 7) is 14.5. The van der Waals surface area contributed by atoms with E-state index in [-0.39, 0.29) is 17.9 Å². The molecule has 0 spiro atoms. The standard InChI is InChI=1S/C34H52N4O9/c1-19(2)24(18-20(3)28(41)36-23(31(44)45)16-17-25(39)40)38(10)30(43)27(33(4,5)6)37-29(42)26(35-9)34(7,8)22-14-12-21(13-15-22)32(46)47-11/h12-15,18-19,23-24,26-27,35H,16-17H2,1-11H3,(H,36,41)(H,37,42)(H,39,40)(H,44,45)/b20-18+/t23-,24-,26?,27-/m1/s1. The number of hydrogen-bond acceptors (Lipinski definition) is 8. The Hall–Kier alpha value is -4.26. The molecule has 1 unspecified atom stereocenters. The Bertz CT molecular complexity index is 1330. The van der Waals surface area contributed by atoms with Crippen molar-refractivity contribution in [3.63, 3.8) is 0 Å². The van der Waals surface area contributed by atoms with Crippen molar-refractivity contribution in [3.05, 3.63) is 47.0 Å². The van der Waals surface area contributed by atoms with Gasteiger partial charge in [0.25, 0.3) is 0 Å². The molecule has 1 aromatic rings. The van der Waals surface area contributed by atoms with Gasteiger partial charge in [-0.05, 0) is 49.4 Å². The molecule has 0 aliphatic heterocycles. The summed E-state index contributed by atoms with van der Waals surface area (Å²) in [6.07, 6.45) is 0.845. The molecule has 47 heavy (non-hydrogen) atoms. The van der Waals surface area contributed by atoms with E-state index in [0.717, 1.165) is 5.56 Å². The van der Waals surface area contributed by atoms with E-state index in [1.54, 1.807) is 44.4 Å². The Labute approximate surface area is 277 Å². The summed E-state index contributed by atoms with van der Waals surface area (Å²) in [6, 6.07) is 3.03. The van der Waals surface area contributed by atoms with Gasteiger partial charge in [-0.3, -0.25) is 19.2 Å². The lowest BCUT2D eigenvalue weighted by Gasteiger charge is -2.40. The van der Waals surface area contributed by atoms with E-state index in [4.69, 9.17) is 9.84 Å². The number of carbonyl (C=O) groups is 6. The van der Waals surface area contributed by atoms with Gasteiger partial charge in [0.15, 0.2) is 0 Å². The van der Waals surface area contributed by atoms with Gasteiger partial charge in [-0.25, -0.2) is 9.59 Å². The lowest BCUT2D eigenvalue weighted by Crippen LogP contribution is -2.61. The van der Waals surface area contributed by atoms with Gasteiger partial charge in [-0.2, -0.15) is 0 Å². The number of ether oxygens (including phenoxy) is 1. The second-order valence-electron chi connectivity index (χ2n) is 13.7. The van der Waals surface area contributed by atoms with Gasteiger partial charge in [0.05, 0.1) is 24.8 Å². The number of methoxy groups -OCH3 is 1. The van der Waals surface area contributed by atoms with Crippen LogP contribution in [0.3, 0.4) is 0 Å². The van der Waals surface area contributed by atoms with Crippen LogP contribution in [0.2, 0.25) is 0 Å². The summed E-state index contributed by atoms with van der Waals surface area (Å²) < 4.78 is 4.78. The van der Waals surface area contributed by atoms with E-state index < -0.39 is 77.0 Å². The summed E-state index contributed by atoms with van der Waals surface area (Å²) in [7, 11) is 4.53. The molecule has 0 saturated carbocycles. The predicted molar refractivity (Wildman–Crippen MR) is 177 cm³/mol. The molecule has 5 N–H and O–H groups in total. The van der Waals surface area contributed by atoms with E-state index in [9.17, 15) is 33.9 Å². The largest absolute Gasteiger partial charge is 0.481 e. The van der Waals surface area contributed by atoms with Crippen LogP contribution in [0.5, 0.6) is 0 Å². The molecular formula is C34H52N4O9. The van der Waals surface area contributed by atoms with Crippen LogP contribution in [0.4, 0.5) is 0 Å². The van der Waals surface area contributed by atoms with Crippen molar-refractivity contribution < 1.29 is 43.7 Å². The molecule has 3 amide bonds. The lowest BCUT2D eigenvalue weighted by atomic mass is 9.76. The molecule has 0 saturated heterocycles. The summed E-state index contributed by atoms with van der Waals surface area (Å²) in [5.41, 5.74) is -0.182. The third kappa shape index (κ3) is 11.2. The first-order chi connectivity index (χ1) is 21.6. The van der Waals surface area contributed by atoms with Crippen LogP contribution in [-0.2, 0) is 34.1 Å². The molecule has 0 aliphatic carbocycles. The van der Waals surface area contributed by atoms with E-state index in [2.05, 4.69) is 16.0 Å². The fraction of sp³-hybridized carbons (Fsp3) is 0.588. The molecule has 0 heterocycles. The van der Waals surface area contributed by atoms with Crippen LogP contribution < -0.4 is 16.0 Å². The van der Waals surface area contributed by atoms with E-state index >= 15 is 0 Å². The molecular weight excluding hydrogens is 608 g/mol. The second-order valence-corrected chi connectivity index (χ2v) is 13.7. The quantitative estimate of drug-likeness (QED) is 0.130. The van der Waals surface area contributed by atoms with Crippen LogP contribution in [0.25, 0.3) is 0 Å². The Morgan fingerprint density at radius 2 is 1.49 bits per heavy atom. The average Bonchev–Trinajstić information content (AvgIpc) is 2.98. The first-order valence-corrected chi connectivity index (χ1v) is 15.5. The number of carboxylic acids is 2. The SMILES string of the molecule is CNC(C(=O)N[C@H](C(=O)N(C)[C@H](/C=C(\C)C(=O)N[C@H](CCC(=O)O)C(=O)O)C(C)C)C(C)(C)C)C(C)(C)c1ccc(C(=O)OC)cc1. The first kappa shape index (κ1) is 40.8. The zero-order chi connectivity index (χ0) is 36.4. The normalized spacial score (nSPS) is 14.8. The molecule has 13 nitrogen and oxygen atoms in total. The molecule has 1 rings (SSSR count). The third-order valence-corrected chi connectivity index (χ3v) is 8.23. The molecule has 4 atom stereocenters. The summed E-state index contributed by atoms with van der Waals surface area (Å²) in [4.78, 5) is 76.7. The van der Waals surface area contributed by atoms with Crippen LogP contribution in [0.1, 0.15) is 84.2 Å². The van der Waals surface area contributed by atoms with Gasteiger partial charge in [-0.1, -0.05) is 66.7 Å². The number of benzene rings is 1. The van der Waals surface area contributed by atoms with Crippen molar-refractivity contribution in [1.82, 2.24) is 20.9 Å². The van der Waals surface area contributed by atoms with Gasteiger partial charge < -0.3 is 35.8 Å².